The highest BCUT2D eigenvalue weighted by molar-refractivity contribution is 6.01. The number of esters is 1. The van der Waals surface area contributed by atoms with E-state index in [9.17, 15) is 9.59 Å². The zero-order chi connectivity index (χ0) is 13.9. The van der Waals surface area contributed by atoms with E-state index >= 15 is 0 Å². The smallest absolute Gasteiger partial charge is 0.358 e. The number of nitrogens with zero attached hydrogens (tertiary/aromatic N) is 1. The first-order chi connectivity index (χ1) is 8.32. The molecule has 0 saturated heterocycles. The average Bonchev–Trinajstić information content (AvgIpc) is 2.26. The van der Waals surface area contributed by atoms with Gasteiger partial charge in [0.05, 0.1) is 11.7 Å². The standard InChI is InChI=1S/C13H17NO4/c1-7(2)10-6-5-9(12(15)16)11(14-10)13(17)18-8(3)4/h5-8H,1-4H3,(H,15,16). The summed E-state index contributed by atoms with van der Waals surface area (Å²) in [6.45, 7) is 7.23. The van der Waals surface area contributed by atoms with Gasteiger partial charge in [0.25, 0.3) is 0 Å². The molecule has 1 aromatic rings. The Morgan fingerprint density at radius 1 is 1.22 bits per heavy atom. The van der Waals surface area contributed by atoms with Crippen LogP contribution in [0.25, 0.3) is 0 Å². The second-order valence-corrected chi connectivity index (χ2v) is 4.55. The third-order valence-electron chi connectivity index (χ3n) is 2.27. The molecule has 1 N–H and O–H groups in total. The van der Waals surface area contributed by atoms with Crippen molar-refractivity contribution in [1.29, 1.82) is 0 Å². The lowest BCUT2D eigenvalue weighted by Gasteiger charge is -2.11. The molecule has 5 heteroatoms. The van der Waals surface area contributed by atoms with Gasteiger partial charge >= 0.3 is 11.9 Å². The van der Waals surface area contributed by atoms with Gasteiger partial charge in [0.2, 0.25) is 0 Å². The summed E-state index contributed by atoms with van der Waals surface area (Å²) in [6.07, 6.45) is -0.316. The van der Waals surface area contributed by atoms with Crippen LogP contribution >= 0.6 is 0 Å². The number of aromatic nitrogens is 1. The highest BCUT2D eigenvalue weighted by atomic mass is 16.5. The van der Waals surface area contributed by atoms with E-state index in [0.29, 0.717) is 5.69 Å². The van der Waals surface area contributed by atoms with Gasteiger partial charge in [-0.15, -0.1) is 0 Å². The summed E-state index contributed by atoms with van der Waals surface area (Å²) in [4.78, 5) is 26.9. The third kappa shape index (κ3) is 3.29. The molecule has 0 spiro atoms. The zero-order valence-corrected chi connectivity index (χ0v) is 10.9. The molecular weight excluding hydrogens is 234 g/mol. The molecule has 0 aliphatic rings. The number of hydrogen-bond acceptors (Lipinski definition) is 4. The van der Waals surface area contributed by atoms with Gasteiger partial charge in [-0.05, 0) is 31.9 Å². The van der Waals surface area contributed by atoms with Crippen LogP contribution in [0.3, 0.4) is 0 Å². The quantitative estimate of drug-likeness (QED) is 0.832. The van der Waals surface area contributed by atoms with Crippen molar-refractivity contribution in [3.63, 3.8) is 0 Å². The van der Waals surface area contributed by atoms with Crippen LogP contribution in [0.1, 0.15) is 60.2 Å². The largest absolute Gasteiger partial charge is 0.478 e. The van der Waals surface area contributed by atoms with Crippen molar-refractivity contribution in [3.05, 3.63) is 29.1 Å². The monoisotopic (exact) mass is 251 g/mol. The Labute approximate surface area is 106 Å². The molecule has 0 bridgehead atoms. The molecule has 0 saturated carbocycles. The second-order valence-electron chi connectivity index (χ2n) is 4.55. The van der Waals surface area contributed by atoms with Gasteiger partial charge < -0.3 is 9.84 Å². The third-order valence-corrected chi connectivity index (χ3v) is 2.27. The number of carbonyl (C=O) groups is 2. The van der Waals surface area contributed by atoms with E-state index < -0.39 is 11.9 Å². The molecule has 0 atom stereocenters. The molecule has 0 fully saturated rings. The predicted molar refractivity (Wildman–Crippen MR) is 65.8 cm³/mol. The van der Waals surface area contributed by atoms with Crippen LogP contribution in [0.15, 0.2) is 12.1 Å². The van der Waals surface area contributed by atoms with Gasteiger partial charge in [-0.2, -0.15) is 0 Å². The number of carbonyl (C=O) groups excluding carboxylic acids is 1. The minimum Gasteiger partial charge on any atom is -0.478 e. The number of ether oxygens (including phenoxy) is 1. The fourth-order valence-corrected chi connectivity index (χ4v) is 1.39. The molecule has 5 nitrogen and oxygen atoms in total. The summed E-state index contributed by atoms with van der Waals surface area (Å²) in [5, 5.41) is 9.03. The van der Waals surface area contributed by atoms with Crippen molar-refractivity contribution in [2.45, 2.75) is 39.7 Å². The summed E-state index contributed by atoms with van der Waals surface area (Å²) in [6, 6.07) is 3.00. The zero-order valence-electron chi connectivity index (χ0n) is 10.9. The number of aromatic carboxylic acids is 1. The molecule has 0 amide bonds. The van der Waals surface area contributed by atoms with E-state index in [2.05, 4.69) is 4.98 Å². The van der Waals surface area contributed by atoms with Crippen molar-refractivity contribution in [2.75, 3.05) is 0 Å². The van der Waals surface area contributed by atoms with Gasteiger partial charge in [-0.3, -0.25) is 0 Å². The Balaban J connectivity index is 3.23. The van der Waals surface area contributed by atoms with Crippen LogP contribution in [0, 0.1) is 0 Å². The van der Waals surface area contributed by atoms with Crippen molar-refractivity contribution in [1.82, 2.24) is 4.98 Å². The summed E-state index contributed by atoms with van der Waals surface area (Å²) in [5.74, 6) is -1.78. The number of carboxylic acid groups (broad SMARTS) is 1. The Kier molecular flexibility index (Phi) is 4.42. The summed E-state index contributed by atoms with van der Waals surface area (Å²) in [7, 11) is 0. The molecule has 0 aliphatic heterocycles. The second kappa shape index (κ2) is 5.62. The molecule has 0 unspecified atom stereocenters. The van der Waals surface area contributed by atoms with E-state index in [1.807, 2.05) is 13.8 Å². The molecule has 1 aromatic heterocycles. The Morgan fingerprint density at radius 2 is 1.83 bits per heavy atom. The van der Waals surface area contributed by atoms with E-state index in [0.717, 1.165) is 0 Å². The Bertz CT molecular complexity index is 466. The summed E-state index contributed by atoms with van der Waals surface area (Å²) >= 11 is 0. The van der Waals surface area contributed by atoms with Crippen molar-refractivity contribution >= 4 is 11.9 Å². The van der Waals surface area contributed by atoms with Crippen LogP contribution in [-0.4, -0.2) is 28.1 Å². The maximum absolute atomic E-state index is 11.8. The van der Waals surface area contributed by atoms with Gasteiger partial charge in [0.15, 0.2) is 5.69 Å². The molecule has 0 aromatic carbocycles. The first-order valence-corrected chi connectivity index (χ1v) is 5.78. The van der Waals surface area contributed by atoms with Crippen LogP contribution in [-0.2, 0) is 4.74 Å². The molecule has 18 heavy (non-hydrogen) atoms. The van der Waals surface area contributed by atoms with Gasteiger partial charge in [-0.1, -0.05) is 13.8 Å². The minimum atomic E-state index is -1.19. The van der Waals surface area contributed by atoms with Crippen molar-refractivity contribution in [2.24, 2.45) is 0 Å². The minimum absolute atomic E-state index is 0.110. The molecule has 0 radical (unpaired) electrons. The van der Waals surface area contributed by atoms with Crippen LogP contribution in [0.5, 0.6) is 0 Å². The van der Waals surface area contributed by atoms with E-state index in [4.69, 9.17) is 9.84 Å². The molecule has 98 valence electrons. The Morgan fingerprint density at radius 3 is 2.28 bits per heavy atom. The topological polar surface area (TPSA) is 76.5 Å². The van der Waals surface area contributed by atoms with Gasteiger partial charge in [-0.25, -0.2) is 14.6 Å². The average molecular weight is 251 g/mol. The van der Waals surface area contributed by atoms with Crippen molar-refractivity contribution < 1.29 is 19.4 Å². The molecular formula is C13H17NO4. The number of rotatable bonds is 4. The highest BCUT2D eigenvalue weighted by Crippen LogP contribution is 2.16. The molecule has 1 rings (SSSR count). The van der Waals surface area contributed by atoms with E-state index in [1.165, 1.54) is 6.07 Å². The maximum Gasteiger partial charge on any atom is 0.358 e. The van der Waals surface area contributed by atoms with Crippen molar-refractivity contribution in [3.8, 4) is 0 Å². The van der Waals surface area contributed by atoms with E-state index in [1.54, 1.807) is 19.9 Å². The number of carboxylic acids is 1. The van der Waals surface area contributed by atoms with Crippen LogP contribution in [0.4, 0.5) is 0 Å². The van der Waals surface area contributed by atoms with Gasteiger partial charge in [0.1, 0.15) is 0 Å². The predicted octanol–water partition coefficient (Wildman–Crippen LogP) is 2.47. The highest BCUT2D eigenvalue weighted by Gasteiger charge is 2.21. The maximum atomic E-state index is 11.8. The van der Waals surface area contributed by atoms with Gasteiger partial charge in [0, 0.05) is 5.69 Å². The fraction of sp³-hybridized carbons (Fsp3) is 0.462. The molecule has 0 aliphatic carbocycles. The Hall–Kier alpha value is -1.91. The van der Waals surface area contributed by atoms with Crippen LogP contribution < -0.4 is 0 Å². The lowest BCUT2D eigenvalue weighted by atomic mass is 10.1. The fourth-order valence-electron chi connectivity index (χ4n) is 1.39. The lowest BCUT2D eigenvalue weighted by molar-refractivity contribution is 0.0363. The van der Waals surface area contributed by atoms with E-state index in [-0.39, 0.29) is 23.3 Å². The molecule has 1 heterocycles. The normalized spacial score (nSPS) is 10.8. The summed E-state index contributed by atoms with van der Waals surface area (Å²) in [5.41, 5.74) is 0.392. The number of hydrogen-bond donors (Lipinski definition) is 1. The first-order valence-electron chi connectivity index (χ1n) is 5.78. The number of pyridine rings is 1. The first kappa shape index (κ1) is 14.2. The SMILES string of the molecule is CC(C)OC(=O)c1nc(C(C)C)ccc1C(=O)O. The van der Waals surface area contributed by atoms with Crippen LogP contribution in [0.2, 0.25) is 0 Å². The lowest BCUT2D eigenvalue weighted by Crippen LogP contribution is -2.18. The summed E-state index contributed by atoms with van der Waals surface area (Å²) < 4.78 is 5.00.